The SMILES string of the molecule is C[C@@H](NC(=O)[C@H]1CCCN(c2ccc(Cl)nn2)C1)c1cccnc1. The highest BCUT2D eigenvalue weighted by atomic mass is 35.5. The van der Waals surface area contributed by atoms with Gasteiger partial charge in [0.25, 0.3) is 0 Å². The van der Waals surface area contributed by atoms with Gasteiger partial charge in [0.15, 0.2) is 11.0 Å². The normalized spacial score (nSPS) is 18.9. The molecule has 2 atom stereocenters. The third kappa shape index (κ3) is 4.00. The number of carbonyl (C=O) groups is 1. The fourth-order valence-electron chi connectivity index (χ4n) is 2.92. The molecule has 0 saturated carbocycles. The van der Waals surface area contributed by atoms with Crippen molar-refractivity contribution in [2.75, 3.05) is 18.0 Å². The van der Waals surface area contributed by atoms with Gasteiger partial charge in [0, 0.05) is 25.5 Å². The molecule has 24 heavy (non-hydrogen) atoms. The van der Waals surface area contributed by atoms with Crippen molar-refractivity contribution < 1.29 is 4.79 Å². The van der Waals surface area contributed by atoms with Crippen molar-refractivity contribution in [1.29, 1.82) is 0 Å². The Bertz CT molecular complexity index is 679. The number of hydrogen-bond donors (Lipinski definition) is 1. The topological polar surface area (TPSA) is 71.0 Å². The molecule has 126 valence electrons. The highest BCUT2D eigenvalue weighted by Gasteiger charge is 2.27. The van der Waals surface area contributed by atoms with E-state index >= 15 is 0 Å². The lowest BCUT2D eigenvalue weighted by Gasteiger charge is -2.33. The first-order chi connectivity index (χ1) is 11.6. The van der Waals surface area contributed by atoms with E-state index in [0.29, 0.717) is 11.7 Å². The number of carbonyl (C=O) groups excluding carboxylic acids is 1. The average molecular weight is 346 g/mol. The van der Waals surface area contributed by atoms with Crippen LogP contribution in [0.3, 0.4) is 0 Å². The summed E-state index contributed by atoms with van der Waals surface area (Å²) in [6.07, 6.45) is 5.33. The maximum Gasteiger partial charge on any atom is 0.225 e. The fraction of sp³-hybridized carbons (Fsp3) is 0.412. The van der Waals surface area contributed by atoms with E-state index < -0.39 is 0 Å². The van der Waals surface area contributed by atoms with E-state index in [1.807, 2.05) is 25.1 Å². The highest BCUT2D eigenvalue weighted by Crippen LogP contribution is 2.23. The van der Waals surface area contributed by atoms with E-state index in [4.69, 9.17) is 11.6 Å². The molecule has 0 unspecified atom stereocenters. The first kappa shape index (κ1) is 16.6. The van der Waals surface area contributed by atoms with Crippen LogP contribution >= 0.6 is 11.6 Å². The number of rotatable bonds is 4. The summed E-state index contributed by atoms with van der Waals surface area (Å²) in [4.78, 5) is 18.8. The molecule has 6 nitrogen and oxygen atoms in total. The zero-order chi connectivity index (χ0) is 16.9. The van der Waals surface area contributed by atoms with Gasteiger partial charge in [0.1, 0.15) is 0 Å². The molecule has 2 aromatic heterocycles. The van der Waals surface area contributed by atoms with Crippen LogP contribution in [0.5, 0.6) is 0 Å². The second kappa shape index (κ2) is 7.57. The van der Waals surface area contributed by atoms with Crippen LogP contribution in [-0.2, 0) is 4.79 Å². The Hall–Kier alpha value is -2.21. The van der Waals surface area contributed by atoms with Crippen molar-refractivity contribution in [1.82, 2.24) is 20.5 Å². The summed E-state index contributed by atoms with van der Waals surface area (Å²) in [5.74, 6) is 0.769. The summed E-state index contributed by atoms with van der Waals surface area (Å²) in [7, 11) is 0. The van der Waals surface area contributed by atoms with Gasteiger partial charge in [-0.2, -0.15) is 0 Å². The number of pyridine rings is 1. The molecule has 1 N–H and O–H groups in total. The van der Waals surface area contributed by atoms with Crippen LogP contribution in [-0.4, -0.2) is 34.2 Å². The number of aromatic nitrogens is 3. The second-order valence-electron chi connectivity index (χ2n) is 6.02. The number of halogens is 1. The van der Waals surface area contributed by atoms with E-state index in [1.165, 1.54) is 0 Å². The predicted molar refractivity (Wildman–Crippen MR) is 92.8 cm³/mol. The summed E-state index contributed by atoms with van der Waals surface area (Å²) in [6, 6.07) is 7.34. The third-order valence-electron chi connectivity index (χ3n) is 4.28. The molecule has 1 amide bonds. The first-order valence-electron chi connectivity index (χ1n) is 8.08. The monoisotopic (exact) mass is 345 g/mol. The summed E-state index contributed by atoms with van der Waals surface area (Å²) < 4.78 is 0. The molecule has 0 spiro atoms. The van der Waals surface area contributed by atoms with Crippen molar-refractivity contribution in [3.8, 4) is 0 Å². The number of hydrogen-bond acceptors (Lipinski definition) is 5. The van der Waals surface area contributed by atoms with Gasteiger partial charge in [0.05, 0.1) is 12.0 Å². The maximum absolute atomic E-state index is 12.6. The van der Waals surface area contributed by atoms with Crippen LogP contribution in [0.25, 0.3) is 0 Å². The van der Waals surface area contributed by atoms with Gasteiger partial charge in [-0.05, 0) is 43.5 Å². The number of nitrogens with zero attached hydrogens (tertiary/aromatic N) is 4. The Morgan fingerprint density at radius 1 is 1.38 bits per heavy atom. The lowest BCUT2D eigenvalue weighted by molar-refractivity contribution is -0.125. The molecule has 1 aliphatic heterocycles. The number of piperidine rings is 1. The first-order valence-corrected chi connectivity index (χ1v) is 8.46. The van der Waals surface area contributed by atoms with Crippen molar-refractivity contribution in [2.24, 2.45) is 5.92 Å². The van der Waals surface area contributed by atoms with Gasteiger partial charge in [0.2, 0.25) is 5.91 Å². The van der Waals surface area contributed by atoms with Gasteiger partial charge in [-0.15, -0.1) is 10.2 Å². The molecule has 0 aromatic carbocycles. The van der Waals surface area contributed by atoms with Crippen LogP contribution in [0.1, 0.15) is 31.4 Å². The van der Waals surface area contributed by atoms with E-state index in [-0.39, 0.29) is 17.9 Å². The van der Waals surface area contributed by atoms with E-state index in [2.05, 4.69) is 25.4 Å². The Balaban J connectivity index is 1.61. The zero-order valence-corrected chi connectivity index (χ0v) is 14.3. The molecule has 7 heteroatoms. The summed E-state index contributed by atoms with van der Waals surface area (Å²) in [5.41, 5.74) is 1.00. The molecule has 3 heterocycles. The molecule has 0 aliphatic carbocycles. The fourth-order valence-corrected chi connectivity index (χ4v) is 3.02. The van der Waals surface area contributed by atoms with Crippen LogP contribution < -0.4 is 10.2 Å². The standard InChI is InChI=1S/C17H20ClN5O/c1-12(13-4-2-8-19-10-13)20-17(24)14-5-3-9-23(11-14)16-7-6-15(18)21-22-16/h2,4,6-8,10,12,14H,3,5,9,11H2,1H3,(H,20,24)/t12-,14+/m1/s1. The molecule has 1 saturated heterocycles. The highest BCUT2D eigenvalue weighted by molar-refractivity contribution is 6.29. The number of amides is 1. The molecular formula is C17H20ClN5O. The van der Waals surface area contributed by atoms with Gasteiger partial charge in [-0.3, -0.25) is 9.78 Å². The van der Waals surface area contributed by atoms with E-state index in [9.17, 15) is 4.79 Å². The Labute approximate surface area is 146 Å². The van der Waals surface area contributed by atoms with Gasteiger partial charge >= 0.3 is 0 Å². The van der Waals surface area contributed by atoms with Crippen LogP contribution in [0.2, 0.25) is 5.15 Å². The molecule has 3 rings (SSSR count). The van der Waals surface area contributed by atoms with Gasteiger partial charge in [-0.1, -0.05) is 17.7 Å². The van der Waals surface area contributed by atoms with Gasteiger partial charge < -0.3 is 10.2 Å². The Morgan fingerprint density at radius 3 is 2.96 bits per heavy atom. The second-order valence-corrected chi connectivity index (χ2v) is 6.40. The minimum atomic E-state index is -0.0599. The summed E-state index contributed by atoms with van der Waals surface area (Å²) in [6.45, 7) is 3.49. The largest absolute Gasteiger partial charge is 0.354 e. The summed E-state index contributed by atoms with van der Waals surface area (Å²) >= 11 is 5.78. The molecule has 0 bridgehead atoms. The lowest BCUT2D eigenvalue weighted by Crippen LogP contribution is -2.44. The lowest BCUT2D eigenvalue weighted by atomic mass is 9.96. The van der Waals surface area contributed by atoms with Crippen LogP contribution in [0, 0.1) is 5.92 Å². The zero-order valence-electron chi connectivity index (χ0n) is 13.5. The Kier molecular flexibility index (Phi) is 5.25. The molecule has 1 aliphatic rings. The van der Waals surface area contributed by atoms with Crippen LogP contribution in [0.15, 0.2) is 36.7 Å². The molecule has 2 aromatic rings. The van der Waals surface area contributed by atoms with E-state index in [1.54, 1.807) is 18.5 Å². The van der Waals surface area contributed by atoms with Crippen LogP contribution in [0.4, 0.5) is 5.82 Å². The summed E-state index contributed by atoms with van der Waals surface area (Å²) in [5, 5.41) is 11.4. The van der Waals surface area contributed by atoms with Crippen molar-refractivity contribution in [2.45, 2.75) is 25.8 Å². The van der Waals surface area contributed by atoms with Gasteiger partial charge in [-0.25, -0.2) is 0 Å². The molecule has 0 radical (unpaired) electrons. The average Bonchev–Trinajstić information content (AvgIpc) is 2.63. The number of nitrogens with one attached hydrogen (secondary N) is 1. The minimum absolute atomic E-state index is 0.0584. The smallest absolute Gasteiger partial charge is 0.225 e. The molecule has 1 fully saturated rings. The maximum atomic E-state index is 12.6. The quantitative estimate of drug-likeness (QED) is 0.922. The third-order valence-corrected chi connectivity index (χ3v) is 4.48. The van der Waals surface area contributed by atoms with Crippen molar-refractivity contribution in [3.63, 3.8) is 0 Å². The Morgan fingerprint density at radius 2 is 2.25 bits per heavy atom. The van der Waals surface area contributed by atoms with E-state index in [0.717, 1.165) is 30.8 Å². The molecular weight excluding hydrogens is 326 g/mol. The van der Waals surface area contributed by atoms with Crippen molar-refractivity contribution >= 4 is 23.3 Å². The minimum Gasteiger partial charge on any atom is -0.354 e. The predicted octanol–water partition coefficient (Wildman–Crippen LogP) is 2.62. The van der Waals surface area contributed by atoms with Crippen molar-refractivity contribution in [3.05, 3.63) is 47.4 Å². The number of anilines is 1.